The monoisotopic (exact) mass is 319 g/mol. The van der Waals surface area contributed by atoms with Crippen LogP contribution in [0.5, 0.6) is 0 Å². The summed E-state index contributed by atoms with van der Waals surface area (Å²) in [6.07, 6.45) is 0.125. The number of aryl methyl sites for hydroxylation is 1. The molecule has 17 heavy (non-hydrogen) atoms. The smallest absolute Gasteiger partial charge is 0.267 e. The Hall–Kier alpha value is -0.530. The number of halogens is 1. The van der Waals surface area contributed by atoms with E-state index in [0.29, 0.717) is 23.7 Å². The van der Waals surface area contributed by atoms with Gasteiger partial charge < -0.3 is 9.64 Å². The first-order valence-electron chi connectivity index (χ1n) is 5.41. The number of nitrogens with zero attached hydrogens (tertiary/aromatic N) is 3. The second-order valence-electron chi connectivity index (χ2n) is 4.12. The van der Waals surface area contributed by atoms with Crippen molar-refractivity contribution in [3.8, 4) is 0 Å². The fraction of sp³-hybridized carbons (Fsp3) is 0.700. The summed E-state index contributed by atoms with van der Waals surface area (Å²) in [6, 6.07) is 0. The molecule has 0 N–H and O–H groups in total. The molecule has 2 atom stereocenters. The predicted octanol–water partition coefficient (Wildman–Crippen LogP) is 1.47. The van der Waals surface area contributed by atoms with Crippen molar-refractivity contribution in [2.45, 2.75) is 26.1 Å². The number of rotatable bonds is 2. The summed E-state index contributed by atoms with van der Waals surface area (Å²) in [6.45, 7) is 5.03. The highest BCUT2D eigenvalue weighted by molar-refractivity contribution is 9.09. The van der Waals surface area contributed by atoms with Crippen molar-refractivity contribution in [3.63, 3.8) is 0 Å². The molecule has 0 bridgehead atoms. The highest BCUT2D eigenvalue weighted by Gasteiger charge is 2.30. The Bertz CT molecular complexity index is 412. The maximum absolute atomic E-state index is 12.3. The summed E-state index contributed by atoms with van der Waals surface area (Å²) >= 11 is 4.55. The third kappa shape index (κ3) is 2.83. The minimum atomic E-state index is 0.0126. The first kappa shape index (κ1) is 12.9. The van der Waals surface area contributed by atoms with Crippen LogP contribution in [0, 0.1) is 6.92 Å². The van der Waals surface area contributed by atoms with Gasteiger partial charge >= 0.3 is 0 Å². The third-order valence-corrected chi connectivity index (χ3v) is 4.17. The number of carbonyl (C=O) groups is 1. The summed E-state index contributed by atoms with van der Waals surface area (Å²) in [4.78, 5) is 14.7. The Morgan fingerprint density at radius 3 is 3.00 bits per heavy atom. The zero-order valence-electron chi connectivity index (χ0n) is 9.72. The number of carbonyl (C=O) groups excluding carboxylic acids is 1. The van der Waals surface area contributed by atoms with Gasteiger partial charge in [0, 0.05) is 18.4 Å². The topological polar surface area (TPSA) is 55.3 Å². The summed E-state index contributed by atoms with van der Waals surface area (Å²) in [5.41, 5.74) is 0.703. The van der Waals surface area contributed by atoms with E-state index < -0.39 is 0 Å². The molecule has 0 spiro atoms. The molecule has 1 aromatic rings. The molecule has 94 valence electrons. The van der Waals surface area contributed by atoms with Crippen molar-refractivity contribution in [1.82, 2.24) is 14.5 Å². The Morgan fingerprint density at radius 1 is 1.65 bits per heavy atom. The minimum absolute atomic E-state index is 0.0126. The van der Waals surface area contributed by atoms with Crippen LogP contribution >= 0.6 is 27.5 Å². The lowest BCUT2D eigenvalue weighted by molar-refractivity contribution is -0.0558. The van der Waals surface area contributed by atoms with E-state index in [0.717, 1.165) is 16.9 Å². The third-order valence-electron chi connectivity index (χ3n) is 2.63. The molecule has 1 aromatic heterocycles. The maximum Gasteiger partial charge on any atom is 0.267 e. The fourth-order valence-corrected chi connectivity index (χ4v) is 2.85. The van der Waals surface area contributed by atoms with E-state index in [1.54, 1.807) is 0 Å². The number of amides is 1. The number of morpholine rings is 1. The van der Waals surface area contributed by atoms with Gasteiger partial charge in [0.05, 0.1) is 17.9 Å². The summed E-state index contributed by atoms with van der Waals surface area (Å²) in [5.74, 6) is 0.0126. The molecule has 1 aliphatic rings. The van der Waals surface area contributed by atoms with Gasteiger partial charge in [-0.1, -0.05) is 20.4 Å². The quantitative estimate of drug-likeness (QED) is 0.775. The zero-order chi connectivity index (χ0) is 12.4. The highest BCUT2D eigenvalue weighted by atomic mass is 79.9. The number of alkyl halides is 1. The highest BCUT2D eigenvalue weighted by Crippen LogP contribution is 2.18. The van der Waals surface area contributed by atoms with Crippen molar-refractivity contribution < 1.29 is 9.53 Å². The Labute approximate surface area is 112 Å². The molecule has 0 aliphatic carbocycles. The van der Waals surface area contributed by atoms with Gasteiger partial charge in [-0.15, -0.1) is 5.10 Å². The summed E-state index contributed by atoms with van der Waals surface area (Å²) in [7, 11) is 0. The molecule has 1 saturated heterocycles. The van der Waals surface area contributed by atoms with Crippen LogP contribution in [0.15, 0.2) is 0 Å². The lowest BCUT2D eigenvalue weighted by atomic mass is 10.2. The Morgan fingerprint density at radius 2 is 2.41 bits per heavy atom. The van der Waals surface area contributed by atoms with Gasteiger partial charge in [-0.2, -0.15) is 0 Å². The predicted molar refractivity (Wildman–Crippen MR) is 68.7 cm³/mol. The zero-order valence-corrected chi connectivity index (χ0v) is 12.1. The molecule has 2 unspecified atom stereocenters. The molecule has 0 saturated carbocycles. The normalized spacial score (nSPS) is 25.0. The van der Waals surface area contributed by atoms with Crippen LogP contribution in [-0.2, 0) is 4.74 Å². The van der Waals surface area contributed by atoms with Crippen molar-refractivity contribution in [2.75, 3.05) is 18.4 Å². The van der Waals surface area contributed by atoms with Crippen molar-refractivity contribution in [2.24, 2.45) is 0 Å². The van der Waals surface area contributed by atoms with Crippen LogP contribution in [-0.4, -0.2) is 51.0 Å². The van der Waals surface area contributed by atoms with E-state index in [1.165, 1.54) is 0 Å². The minimum Gasteiger partial charge on any atom is -0.371 e. The molecule has 0 radical (unpaired) electrons. The average molecular weight is 320 g/mol. The van der Waals surface area contributed by atoms with Crippen LogP contribution in [0.4, 0.5) is 0 Å². The Kier molecular flexibility index (Phi) is 4.11. The van der Waals surface area contributed by atoms with Crippen LogP contribution in [0.2, 0.25) is 0 Å². The fourth-order valence-electron chi connectivity index (χ4n) is 1.87. The summed E-state index contributed by atoms with van der Waals surface area (Å²) in [5, 5.41) is 4.61. The van der Waals surface area contributed by atoms with E-state index in [9.17, 15) is 4.79 Å². The number of ether oxygens (including phenoxy) is 1. The lowest BCUT2D eigenvalue weighted by Gasteiger charge is -2.35. The molecule has 1 fully saturated rings. The van der Waals surface area contributed by atoms with E-state index in [4.69, 9.17) is 4.74 Å². The second kappa shape index (κ2) is 5.41. The van der Waals surface area contributed by atoms with Gasteiger partial charge in [0.1, 0.15) is 4.88 Å². The van der Waals surface area contributed by atoms with Crippen LogP contribution < -0.4 is 0 Å². The lowest BCUT2D eigenvalue weighted by Crippen LogP contribution is -2.49. The molecular formula is C10H14BrN3O2S. The van der Waals surface area contributed by atoms with Gasteiger partial charge in [-0.25, -0.2) is 0 Å². The van der Waals surface area contributed by atoms with Gasteiger partial charge in [0.15, 0.2) is 0 Å². The SMILES string of the molecule is Cc1nnsc1C(=O)N1CC(C)OC(CBr)C1. The molecule has 2 heterocycles. The van der Waals surface area contributed by atoms with Crippen molar-refractivity contribution >= 4 is 33.4 Å². The molecule has 0 aromatic carbocycles. The largest absolute Gasteiger partial charge is 0.371 e. The van der Waals surface area contributed by atoms with Gasteiger partial charge in [0.25, 0.3) is 5.91 Å². The molecule has 1 amide bonds. The molecule has 7 heteroatoms. The standard InChI is InChI=1S/C10H14BrN3O2S/c1-6-4-14(5-8(3-11)16-6)10(15)9-7(2)12-13-17-9/h6,8H,3-5H2,1-2H3. The van der Waals surface area contributed by atoms with E-state index in [-0.39, 0.29) is 18.1 Å². The first-order valence-corrected chi connectivity index (χ1v) is 7.31. The molecule has 1 aliphatic heterocycles. The van der Waals surface area contributed by atoms with Gasteiger partial charge in [-0.05, 0) is 25.4 Å². The Balaban J connectivity index is 2.11. The molecular weight excluding hydrogens is 306 g/mol. The van der Waals surface area contributed by atoms with Crippen LogP contribution in [0.3, 0.4) is 0 Å². The number of aromatic nitrogens is 2. The van der Waals surface area contributed by atoms with Crippen molar-refractivity contribution in [1.29, 1.82) is 0 Å². The second-order valence-corrected chi connectivity index (χ2v) is 5.52. The van der Waals surface area contributed by atoms with E-state index in [1.807, 2.05) is 18.7 Å². The number of hydrogen-bond donors (Lipinski definition) is 0. The average Bonchev–Trinajstić information content (AvgIpc) is 2.73. The molecule has 2 rings (SSSR count). The maximum atomic E-state index is 12.3. The number of hydrogen-bond acceptors (Lipinski definition) is 5. The van der Waals surface area contributed by atoms with Crippen LogP contribution in [0.1, 0.15) is 22.3 Å². The van der Waals surface area contributed by atoms with E-state index in [2.05, 4.69) is 25.5 Å². The van der Waals surface area contributed by atoms with Gasteiger partial charge in [0.2, 0.25) is 0 Å². The van der Waals surface area contributed by atoms with Crippen molar-refractivity contribution in [3.05, 3.63) is 10.6 Å². The molecule has 5 nitrogen and oxygen atoms in total. The first-order chi connectivity index (χ1) is 8.11. The van der Waals surface area contributed by atoms with E-state index >= 15 is 0 Å². The van der Waals surface area contributed by atoms with Crippen LogP contribution in [0.25, 0.3) is 0 Å². The summed E-state index contributed by atoms with van der Waals surface area (Å²) < 4.78 is 9.49. The van der Waals surface area contributed by atoms with Gasteiger partial charge in [-0.3, -0.25) is 4.79 Å².